The smallest absolute Gasteiger partial charge is 0.256 e. The first-order valence-electron chi connectivity index (χ1n) is 14.3. The van der Waals surface area contributed by atoms with Gasteiger partial charge in [-0.25, -0.2) is 0 Å². The quantitative estimate of drug-likeness (QED) is 0.307. The fourth-order valence-corrected chi connectivity index (χ4v) is 5.23. The number of nitrogens with one attached hydrogen (secondary N) is 1. The van der Waals surface area contributed by atoms with Crippen LogP contribution in [-0.2, 0) is 6.54 Å². The molecule has 0 unspecified atom stereocenters. The number of carbonyl (C=O) groups excluding carboxylic acids is 3. The number of carbonyl (C=O) groups is 3. The van der Waals surface area contributed by atoms with Crippen LogP contribution in [0.2, 0.25) is 0 Å². The Morgan fingerprint density at radius 2 is 1.45 bits per heavy atom. The van der Waals surface area contributed by atoms with Crippen molar-refractivity contribution in [2.24, 2.45) is 0 Å². The summed E-state index contributed by atoms with van der Waals surface area (Å²) >= 11 is 0. The van der Waals surface area contributed by atoms with Gasteiger partial charge in [0.05, 0.1) is 5.56 Å². The lowest BCUT2D eigenvalue weighted by Crippen LogP contribution is -2.36. The van der Waals surface area contributed by atoms with E-state index in [2.05, 4.69) is 10.2 Å². The summed E-state index contributed by atoms with van der Waals surface area (Å²) in [5, 5.41) is 2.95. The van der Waals surface area contributed by atoms with Gasteiger partial charge >= 0.3 is 0 Å². The molecule has 0 radical (unpaired) electrons. The molecule has 4 aromatic carbocycles. The van der Waals surface area contributed by atoms with E-state index in [9.17, 15) is 14.4 Å². The maximum Gasteiger partial charge on any atom is 0.256 e. The Balaban J connectivity index is 1.39. The second-order valence-corrected chi connectivity index (χ2v) is 10.7. The molecule has 4 aromatic rings. The summed E-state index contributed by atoms with van der Waals surface area (Å²) in [7, 11) is 1.79. The third-order valence-electron chi connectivity index (χ3n) is 7.55. The molecule has 0 aliphatic carbocycles. The largest absolute Gasteiger partial charge is 0.369 e. The molecule has 214 valence electrons. The van der Waals surface area contributed by atoms with Crippen LogP contribution in [0.25, 0.3) is 0 Å². The van der Waals surface area contributed by atoms with E-state index in [1.165, 1.54) is 0 Å². The third kappa shape index (κ3) is 6.86. The van der Waals surface area contributed by atoms with Gasteiger partial charge in [-0.15, -0.1) is 0 Å². The lowest BCUT2D eigenvalue weighted by Gasteiger charge is -2.28. The molecule has 0 saturated carbocycles. The van der Waals surface area contributed by atoms with Crippen molar-refractivity contribution in [3.8, 4) is 0 Å². The number of amides is 3. The first kappa shape index (κ1) is 28.6. The molecule has 1 saturated heterocycles. The van der Waals surface area contributed by atoms with Gasteiger partial charge < -0.3 is 20.0 Å². The first-order valence-corrected chi connectivity index (χ1v) is 14.3. The van der Waals surface area contributed by atoms with Gasteiger partial charge in [0.2, 0.25) is 0 Å². The van der Waals surface area contributed by atoms with Crippen LogP contribution in [-0.4, -0.2) is 60.7 Å². The maximum absolute atomic E-state index is 13.9. The van der Waals surface area contributed by atoms with E-state index >= 15 is 0 Å². The highest BCUT2D eigenvalue weighted by molar-refractivity contribution is 6.06. The molecule has 0 spiro atoms. The van der Waals surface area contributed by atoms with Crippen LogP contribution in [0.15, 0.2) is 103 Å². The Hall–Kier alpha value is -4.91. The zero-order valence-electron chi connectivity index (χ0n) is 24.1. The highest BCUT2D eigenvalue weighted by Crippen LogP contribution is 2.28. The standard InChI is InChI=1S/C35H36N4O3/c1-26-14-16-29(17-15-26)34(41)39-21-9-20-38(22-23-39)32-19-18-30(36-33(40)28-12-7-4-8-13-28)24-31(32)35(42)37(2)25-27-10-5-3-6-11-27/h3-8,10-19,24H,9,20-23,25H2,1-2H3,(H,36,40). The van der Waals surface area contributed by atoms with E-state index in [4.69, 9.17) is 0 Å². The highest BCUT2D eigenvalue weighted by atomic mass is 16.2. The Kier molecular flexibility index (Phi) is 8.97. The Labute approximate surface area is 247 Å². The summed E-state index contributed by atoms with van der Waals surface area (Å²) in [5.41, 5.74) is 5.23. The maximum atomic E-state index is 13.9. The average molecular weight is 561 g/mol. The van der Waals surface area contributed by atoms with Crippen molar-refractivity contribution >= 4 is 29.1 Å². The number of hydrogen-bond acceptors (Lipinski definition) is 4. The number of hydrogen-bond donors (Lipinski definition) is 1. The molecular weight excluding hydrogens is 524 g/mol. The molecule has 3 amide bonds. The highest BCUT2D eigenvalue weighted by Gasteiger charge is 2.25. The van der Waals surface area contributed by atoms with Crippen molar-refractivity contribution < 1.29 is 14.4 Å². The Morgan fingerprint density at radius 1 is 0.762 bits per heavy atom. The van der Waals surface area contributed by atoms with Gasteiger partial charge in [-0.05, 0) is 61.4 Å². The van der Waals surface area contributed by atoms with Gasteiger partial charge in [-0.1, -0.05) is 66.2 Å². The van der Waals surface area contributed by atoms with E-state index in [-0.39, 0.29) is 17.7 Å². The fourth-order valence-electron chi connectivity index (χ4n) is 5.23. The van der Waals surface area contributed by atoms with Crippen molar-refractivity contribution in [2.45, 2.75) is 19.9 Å². The average Bonchev–Trinajstić information content (AvgIpc) is 3.28. The van der Waals surface area contributed by atoms with Gasteiger partial charge in [0.1, 0.15) is 0 Å². The normalized spacial score (nSPS) is 13.3. The first-order chi connectivity index (χ1) is 20.4. The van der Waals surface area contributed by atoms with Crippen LogP contribution in [0.1, 0.15) is 48.6 Å². The second kappa shape index (κ2) is 13.2. The molecular formula is C35H36N4O3. The van der Waals surface area contributed by atoms with Gasteiger partial charge in [0.15, 0.2) is 0 Å². The van der Waals surface area contributed by atoms with Crippen LogP contribution >= 0.6 is 0 Å². The van der Waals surface area contributed by atoms with Crippen LogP contribution in [0.4, 0.5) is 11.4 Å². The monoisotopic (exact) mass is 560 g/mol. The van der Waals surface area contributed by atoms with E-state index in [0.29, 0.717) is 55.1 Å². The van der Waals surface area contributed by atoms with Crippen molar-refractivity contribution in [1.82, 2.24) is 9.80 Å². The van der Waals surface area contributed by atoms with Crippen molar-refractivity contribution in [2.75, 3.05) is 43.4 Å². The second-order valence-electron chi connectivity index (χ2n) is 10.7. The van der Waals surface area contributed by atoms with E-state index < -0.39 is 0 Å². The minimum atomic E-state index is -0.237. The molecule has 1 N–H and O–H groups in total. The van der Waals surface area contributed by atoms with Crippen LogP contribution in [0, 0.1) is 6.92 Å². The number of benzene rings is 4. The Bertz CT molecular complexity index is 1540. The molecule has 1 aliphatic heterocycles. The SMILES string of the molecule is Cc1ccc(C(=O)N2CCCN(c3ccc(NC(=O)c4ccccc4)cc3C(=O)N(C)Cc3ccccc3)CC2)cc1. The van der Waals surface area contributed by atoms with E-state index in [0.717, 1.165) is 23.2 Å². The summed E-state index contributed by atoms with van der Waals surface area (Å²) in [6.45, 7) is 4.95. The molecule has 0 aromatic heterocycles. The molecule has 1 heterocycles. The summed E-state index contributed by atoms with van der Waals surface area (Å²) < 4.78 is 0. The summed E-state index contributed by atoms with van der Waals surface area (Å²) in [6.07, 6.45) is 0.775. The molecule has 42 heavy (non-hydrogen) atoms. The van der Waals surface area contributed by atoms with Crippen molar-refractivity contribution in [3.05, 3.63) is 131 Å². The molecule has 7 heteroatoms. The van der Waals surface area contributed by atoms with E-state index in [1.54, 1.807) is 30.1 Å². The molecule has 0 atom stereocenters. The summed E-state index contributed by atoms with van der Waals surface area (Å²) in [5.74, 6) is -0.351. The lowest BCUT2D eigenvalue weighted by molar-refractivity contribution is 0.0763. The molecule has 1 fully saturated rings. The van der Waals surface area contributed by atoms with Crippen LogP contribution < -0.4 is 10.2 Å². The minimum Gasteiger partial charge on any atom is -0.369 e. The summed E-state index contributed by atoms with van der Waals surface area (Å²) in [4.78, 5) is 45.8. The van der Waals surface area contributed by atoms with Crippen molar-refractivity contribution in [3.63, 3.8) is 0 Å². The topological polar surface area (TPSA) is 73.0 Å². The fraction of sp³-hybridized carbons (Fsp3) is 0.229. The third-order valence-corrected chi connectivity index (χ3v) is 7.55. The number of aryl methyl sites for hydroxylation is 1. The van der Waals surface area contributed by atoms with Gasteiger partial charge in [-0.2, -0.15) is 0 Å². The van der Waals surface area contributed by atoms with Crippen LogP contribution in [0.3, 0.4) is 0 Å². The molecule has 7 nitrogen and oxygen atoms in total. The van der Waals surface area contributed by atoms with Gasteiger partial charge in [-0.3, -0.25) is 14.4 Å². The van der Waals surface area contributed by atoms with Gasteiger partial charge in [0, 0.05) is 62.3 Å². The van der Waals surface area contributed by atoms with Gasteiger partial charge in [0.25, 0.3) is 17.7 Å². The number of rotatable bonds is 7. The molecule has 0 bridgehead atoms. The number of nitrogens with zero attached hydrogens (tertiary/aromatic N) is 3. The predicted octanol–water partition coefficient (Wildman–Crippen LogP) is 5.87. The van der Waals surface area contributed by atoms with Crippen LogP contribution in [0.5, 0.6) is 0 Å². The molecule has 1 aliphatic rings. The lowest BCUT2D eigenvalue weighted by atomic mass is 10.1. The molecule has 5 rings (SSSR count). The Morgan fingerprint density at radius 3 is 2.17 bits per heavy atom. The number of anilines is 2. The van der Waals surface area contributed by atoms with Crippen molar-refractivity contribution in [1.29, 1.82) is 0 Å². The van der Waals surface area contributed by atoms with E-state index in [1.807, 2.05) is 96.8 Å². The zero-order chi connectivity index (χ0) is 29.5. The summed E-state index contributed by atoms with van der Waals surface area (Å²) in [6, 6.07) is 32.0. The minimum absolute atomic E-state index is 0.0229. The zero-order valence-corrected chi connectivity index (χ0v) is 24.1. The predicted molar refractivity (Wildman–Crippen MR) is 167 cm³/mol.